The van der Waals surface area contributed by atoms with Crippen LogP contribution in [0.5, 0.6) is 0 Å². The van der Waals surface area contributed by atoms with E-state index in [0.29, 0.717) is 43.0 Å². The van der Waals surface area contributed by atoms with Gasteiger partial charge < -0.3 is 14.2 Å². The number of nitrogens with zero attached hydrogens (tertiary/aromatic N) is 4. The molecule has 0 saturated carbocycles. The largest absolute Gasteiger partial charge is 0.449 e. The molecule has 1 saturated heterocycles. The van der Waals surface area contributed by atoms with Crippen molar-refractivity contribution in [2.75, 3.05) is 26.3 Å². The zero-order valence-corrected chi connectivity index (χ0v) is 15.8. The quantitative estimate of drug-likeness (QED) is 0.655. The third-order valence-corrected chi connectivity index (χ3v) is 5.00. The minimum atomic E-state index is -4.68. The van der Waals surface area contributed by atoms with E-state index < -0.39 is 18.5 Å². The molecule has 2 aromatic carbocycles. The van der Waals surface area contributed by atoms with E-state index in [0.717, 1.165) is 4.57 Å². The number of fused-ring (bicyclic) bond motifs is 1. The van der Waals surface area contributed by atoms with Crippen molar-refractivity contribution >= 4 is 16.9 Å². The highest BCUT2D eigenvalue weighted by Gasteiger charge is 2.38. The van der Waals surface area contributed by atoms with Gasteiger partial charge in [-0.2, -0.15) is 18.4 Å². The number of benzene rings is 2. The van der Waals surface area contributed by atoms with E-state index in [-0.39, 0.29) is 16.9 Å². The summed E-state index contributed by atoms with van der Waals surface area (Å²) in [4.78, 5) is 18.1. The Balaban J connectivity index is 1.73. The van der Waals surface area contributed by atoms with Gasteiger partial charge in [-0.3, -0.25) is 4.79 Å². The van der Waals surface area contributed by atoms with Gasteiger partial charge >= 0.3 is 6.18 Å². The zero-order chi connectivity index (χ0) is 21.3. The van der Waals surface area contributed by atoms with Gasteiger partial charge in [-0.15, -0.1) is 0 Å². The number of para-hydroxylation sites is 1. The molecule has 0 bridgehead atoms. The Labute approximate surface area is 170 Å². The number of halogens is 3. The molecule has 1 aliphatic heterocycles. The van der Waals surface area contributed by atoms with Crippen molar-refractivity contribution in [1.29, 1.82) is 5.26 Å². The number of alkyl halides is 3. The average Bonchev–Trinajstić information content (AvgIpc) is 3.13. The molecular formula is C21H17F3N4O2. The lowest BCUT2D eigenvalue weighted by molar-refractivity contribution is -0.146. The van der Waals surface area contributed by atoms with Crippen LogP contribution in [0.2, 0.25) is 0 Å². The molecule has 3 aromatic rings. The Morgan fingerprint density at radius 3 is 2.47 bits per heavy atom. The van der Waals surface area contributed by atoms with Gasteiger partial charge in [0, 0.05) is 24.2 Å². The van der Waals surface area contributed by atoms with Crippen LogP contribution in [0.25, 0.3) is 22.2 Å². The van der Waals surface area contributed by atoms with E-state index in [1.165, 1.54) is 6.07 Å². The maximum absolute atomic E-state index is 13.4. The van der Waals surface area contributed by atoms with Gasteiger partial charge in [-0.25, -0.2) is 4.98 Å². The molecule has 1 aromatic heterocycles. The van der Waals surface area contributed by atoms with E-state index in [9.17, 15) is 18.0 Å². The molecule has 0 radical (unpaired) electrons. The van der Waals surface area contributed by atoms with Crippen LogP contribution in [-0.2, 0) is 17.5 Å². The number of nitriles is 1. The molecule has 1 amide bonds. The predicted molar refractivity (Wildman–Crippen MR) is 103 cm³/mol. The van der Waals surface area contributed by atoms with Crippen molar-refractivity contribution in [1.82, 2.24) is 14.5 Å². The van der Waals surface area contributed by atoms with Gasteiger partial charge in [0.1, 0.15) is 6.54 Å². The highest BCUT2D eigenvalue weighted by Crippen LogP contribution is 2.35. The van der Waals surface area contributed by atoms with Gasteiger partial charge in [0.25, 0.3) is 5.91 Å². The Hall–Kier alpha value is -3.38. The van der Waals surface area contributed by atoms with Crippen LogP contribution in [0.1, 0.15) is 16.2 Å². The van der Waals surface area contributed by atoms with Crippen molar-refractivity contribution in [3.63, 3.8) is 0 Å². The number of hydrogen-bond acceptors (Lipinski definition) is 4. The number of morpholine rings is 1. The van der Waals surface area contributed by atoms with Crippen molar-refractivity contribution in [3.8, 4) is 17.2 Å². The molecule has 154 valence electrons. The first kappa shape index (κ1) is 19.9. The number of ether oxygens (including phenoxy) is 1. The van der Waals surface area contributed by atoms with Crippen LogP contribution in [0.15, 0.2) is 42.5 Å². The zero-order valence-electron chi connectivity index (χ0n) is 15.8. The summed E-state index contributed by atoms with van der Waals surface area (Å²) >= 11 is 0. The second-order valence-electron chi connectivity index (χ2n) is 6.83. The number of rotatable bonds is 3. The van der Waals surface area contributed by atoms with Crippen LogP contribution in [0, 0.1) is 11.3 Å². The van der Waals surface area contributed by atoms with E-state index in [1.807, 2.05) is 0 Å². The third-order valence-electron chi connectivity index (χ3n) is 5.00. The van der Waals surface area contributed by atoms with Crippen LogP contribution in [0.4, 0.5) is 13.2 Å². The third kappa shape index (κ3) is 3.62. The number of amides is 1. The number of hydrogen-bond donors (Lipinski definition) is 0. The second kappa shape index (κ2) is 7.80. The fourth-order valence-corrected chi connectivity index (χ4v) is 3.57. The molecule has 6 nitrogen and oxygen atoms in total. The summed E-state index contributed by atoms with van der Waals surface area (Å²) in [6.07, 6.45) is -4.68. The summed E-state index contributed by atoms with van der Waals surface area (Å²) < 4.78 is 46.4. The first-order valence-electron chi connectivity index (χ1n) is 9.31. The maximum atomic E-state index is 13.4. The van der Waals surface area contributed by atoms with Crippen molar-refractivity contribution < 1.29 is 22.7 Å². The molecular weight excluding hydrogens is 397 g/mol. The molecule has 0 N–H and O–H groups in total. The van der Waals surface area contributed by atoms with Crippen molar-refractivity contribution in [2.45, 2.75) is 12.7 Å². The summed E-state index contributed by atoms with van der Waals surface area (Å²) in [5.41, 5.74) is 2.02. The fraction of sp³-hybridized carbons (Fsp3) is 0.286. The molecule has 1 fully saturated rings. The summed E-state index contributed by atoms with van der Waals surface area (Å²) in [6.45, 7) is 1.59. The standard InChI is InChI=1S/C21H17F3N4O2/c22-21(23,24)20-26-18-16(2-1-3-17(18)28(20)9-8-25)14-4-6-15(7-5-14)19(29)27-10-12-30-13-11-27/h1-7H,9-13H2. The molecule has 1 aliphatic rings. The van der Waals surface area contributed by atoms with Gasteiger partial charge in [0.15, 0.2) is 0 Å². The molecule has 30 heavy (non-hydrogen) atoms. The highest BCUT2D eigenvalue weighted by atomic mass is 19.4. The number of carbonyl (C=O) groups is 1. The number of carbonyl (C=O) groups excluding carboxylic acids is 1. The topological polar surface area (TPSA) is 71.2 Å². The van der Waals surface area contributed by atoms with Crippen LogP contribution >= 0.6 is 0 Å². The minimum Gasteiger partial charge on any atom is -0.378 e. The smallest absolute Gasteiger partial charge is 0.378 e. The first-order chi connectivity index (χ1) is 14.4. The molecule has 2 heterocycles. The molecule has 4 rings (SSSR count). The molecule has 0 atom stereocenters. The summed E-state index contributed by atoms with van der Waals surface area (Å²) in [5, 5.41) is 8.95. The highest BCUT2D eigenvalue weighted by molar-refractivity contribution is 5.96. The Morgan fingerprint density at radius 2 is 1.83 bits per heavy atom. The molecule has 0 aliphatic carbocycles. The Morgan fingerprint density at radius 1 is 1.13 bits per heavy atom. The van der Waals surface area contributed by atoms with E-state index in [4.69, 9.17) is 10.00 Å². The van der Waals surface area contributed by atoms with Crippen LogP contribution in [0.3, 0.4) is 0 Å². The monoisotopic (exact) mass is 414 g/mol. The number of aromatic nitrogens is 2. The second-order valence-corrected chi connectivity index (χ2v) is 6.83. The normalized spacial score (nSPS) is 14.7. The number of imidazole rings is 1. The van der Waals surface area contributed by atoms with Crippen molar-refractivity contribution in [2.24, 2.45) is 0 Å². The molecule has 0 spiro atoms. The van der Waals surface area contributed by atoms with Crippen LogP contribution in [-0.4, -0.2) is 46.7 Å². The summed E-state index contributed by atoms with van der Waals surface area (Å²) in [5.74, 6) is -1.22. The lowest BCUT2D eigenvalue weighted by atomic mass is 10.0. The van der Waals surface area contributed by atoms with Gasteiger partial charge in [0.05, 0.1) is 30.3 Å². The van der Waals surface area contributed by atoms with E-state index >= 15 is 0 Å². The molecule has 0 unspecified atom stereocenters. The lowest BCUT2D eigenvalue weighted by Crippen LogP contribution is -2.40. The average molecular weight is 414 g/mol. The predicted octanol–water partition coefficient (Wildman–Crippen LogP) is 3.72. The fourth-order valence-electron chi connectivity index (χ4n) is 3.57. The van der Waals surface area contributed by atoms with Crippen LogP contribution < -0.4 is 0 Å². The summed E-state index contributed by atoms with van der Waals surface area (Å²) in [7, 11) is 0. The lowest BCUT2D eigenvalue weighted by Gasteiger charge is -2.26. The maximum Gasteiger partial charge on any atom is 0.449 e. The first-order valence-corrected chi connectivity index (χ1v) is 9.31. The Bertz CT molecular complexity index is 1120. The van der Waals surface area contributed by atoms with Gasteiger partial charge in [-0.05, 0) is 23.8 Å². The minimum absolute atomic E-state index is 0.110. The Kier molecular flexibility index (Phi) is 5.18. The molecule has 9 heteroatoms. The van der Waals surface area contributed by atoms with Gasteiger partial charge in [0.2, 0.25) is 5.82 Å². The van der Waals surface area contributed by atoms with Gasteiger partial charge in [-0.1, -0.05) is 24.3 Å². The summed E-state index contributed by atoms with van der Waals surface area (Å²) in [6, 6.07) is 13.3. The SMILES string of the molecule is N#CCn1c(C(F)(F)F)nc2c(-c3ccc(C(=O)N4CCOCC4)cc3)cccc21. The van der Waals surface area contributed by atoms with E-state index in [2.05, 4.69) is 4.98 Å². The van der Waals surface area contributed by atoms with E-state index in [1.54, 1.807) is 47.4 Å². The van der Waals surface area contributed by atoms with Crippen molar-refractivity contribution in [3.05, 3.63) is 53.9 Å².